The third-order valence-electron chi connectivity index (χ3n) is 14.9. The Bertz CT molecular complexity index is 1880. The van der Waals surface area contributed by atoms with Crippen molar-refractivity contribution in [3.63, 3.8) is 0 Å². The van der Waals surface area contributed by atoms with Gasteiger partial charge in [0.25, 0.3) is 11.7 Å². The number of allylic oxidation sites excluding steroid dienone is 6. The number of cyclic esters (lactones) is 1. The fraction of sp³-hybridized carbons (Fsp3) is 0.750. The zero-order chi connectivity index (χ0) is 50.5. The third kappa shape index (κ3) is 15.4. The number of rotatable bonds is 8. The Morgan fingerprint density at radius 1 is 0.897 bits per heavy atom. The van der Waals surface area contributed by atoms with Gasteiger partial charge >= 0.3 is 13.9 Å². The molecule has 3 heterocycles. The first kappa shape index (κ1) is 57.3. The van der Waals surface area contributed by atoms with Crippen LogP contribution in [0.15, 0.2) is 47.6 Å². The third-order valence-corrected chi connectivity index (χ3v) is 15.6. The lowest BCUT2D eigenvalue weighted by Crippen LogP contribution is -2.61. The maximum absolute atomic E-state index is 14.5. The standard InChI is InChI=1S/C52H82N2O13P/c1-31-17-13-12-14-18-32(2)43(63-8)29-39-22-20-37(7)52(61,67-39)49(58)50(59)54-24-16-15-19-41(54)51(60)66-44(34(4)27-38-21-23-40(53-68(11)62)45(28-38)64-9)30-42(55)33(3)26-36(6)47(57)48(65-10)46(56)35(5)25-31/h12-14,17-18,26,31,33-35,37-41,43-45,47-48,57,61H,15-16,19-25,27-30H2,1-11H3,(H,53,62)/q+1/b14-12+,17-13+,32-18+,36-26+/t31-,33-,34-,35-,37-,38+,39+,40?,41+,43+,44+,45-,47-,48+,52-/m1/s1. The highest BCUT2D eigenvalue weighted by atomic mass is 31.1. The normalized spacial score (nSPS) is 39.4. The summed E-state index contributed by atoms with van der Waals surface area (Å²) in [4.78, 5) is 72.1. The molecule has 1 amide bonds. The van der Waals surface area contributed by atoms with Crippen LogP contribution in [0.5, 0.6) is 0 Å². The minimum atomic E-state index is -2.43. The number of aliphatic hydroxyl groups is 2. The van der Waals surface area contributed by atoms with Gasteiger partial charge in [-0.2, -0.15) is 0 Å². The van der Waals surface area contributed by atoms with Crippen LogP contribution in [0.1, 0.15) is 126 Å². The Morgan fingerprint density at radius 2 is 1.62 bits per heavy atom. The molecule has 1 saturated carbocycles. The molecule has 68 heavy (non-hydrogen) atoms. The van der Waals surface area contributed by atoms with Gasteiger partial charge in [0.15, 0.2) is 12.4 Å². The van der Waals surface area contributed by atoms with Crippen LogP contribution >= 0.6 is 7.95 Å². The Balaban J connectivity index is 1.70. The molecule has 4 aliphatic rings. The van der Waals surface area contributed by atoms with Crippen molar-refractivity contribution >= 4 is 37.2 Å². The number of fused-ring (bicyclic) bond motifs is 3. The van der Waals surface area contributed by atoms with E-state index in [1.54, 1.807) is 47.7 Å². The number of carbonyl (C=O) groups excluding carboxylic acids is 5. The number of hydrogen-bond acceptors (Lipinski definition) is 13. The van der Waals surface area contributed by atoms with Crippen molar-refractivity contribution in [2.24, 2.45) is 35.5 Å². The number of nitrogens with one attached hydrogen (secondary N) is 1. The number of Topliss-reactive ketones (excluding diaryl/α,β-unsaturated/α-hetero) is 3. The fourth-order valence-electron chi connectivity index (χ4n) is 10.5. The van der Waals surface area contributed by atoms with E-state index in [1.165, 1.54) is 12.0 Å². The van der Waals surface area contributed by atoms with E-state index >= 15 is 0 Å². The monoisotopic (exact) mass is 974 g/mol. The van der Waals surface area contributed by atoms with Gasteiger partial charge in [-0.15, -0.1) is 5.09 Å². The molecule has 0 aromatic heterocycles. The van der Waals surface area contributed by atoms with Crippen molar-refractivity contribution in [2.75, 3.05) is 34.5 Å². The molecule has 16 atom stereocenters. The second kappa shape index (κ2) is 26.8. The Kier molecular flexibility index (Phi) is 22.6. The summed E-state index contributed by atoms with van der Waals surface area (Å²) in [5.74, 6) is -7.97. The number of carbonyl (C=O) groups is 5. The molecule has 0 radical (unpaired) electrons. The highest BCUT2D eigenvalue weighted by Gasteiger charge is 2.53. The zero-order valence-corrected chi connectivity index (χ0v) is 43.4. The lowest BCUT2D eigenvalue weighted by molar-refractivity contribution is -0.265. The van der Waals surface area contributed by atoms with Gasteiger partial charge in [0, 0.05) is 58.5 Å². The summed E-state index contributed by atoms with van der Waals surface area (Å²) in [5.41, 5.74) is 1.26. The van der Waals surface area contributed by atoms with Crippen molar-refractivity contribution in [3.05, 3.63) is 47.6 Å². The summed E-state index contributed by atoms with van der Waals surface area (Å²) < 4.78 is 41.8. The van der Waals surface area contributed by atoms with Crippen LogP contribution in [-0.2, 0) is 52.2 Å². The predicted molar refractivity (Wildman–Crippen MR) is 260 cm³/mol. The number of amides is 1. The minimum absolute atomic E-state index is 0.0153. The van der Waals surface area contributed by atoms with E-state index in [0.29, 0.717) is 56.9 Å². The lowest BCUT2D eigenvalue weighted by atomic mass is 9.78. The van der Waals surface area contributed by atoms with E-state index in [9.17, 15) is 38.8 Å². The van der Waals surface area contributed by atoms with Crippen LogP contribution in [0.2, 0.25) is 0 Å². The minimum Gasteiger partial charge on any atom is -0.460 e. The van der Waals surface area contributed by atoms with Gasteiger partial charge in [-0.3, -0.25) is 19.2 Å². The van der Waals surface area contributed by atoms with Crippen LogP contribution < -0.4 is 5.09 Å². The molecule has 15 nitrogen and oxygen atoms in total. The number of aliphatic hydroxyl groups excluding tert-OH is 1. The summed E-state index contributed by atoms with van der Waals surface area (Å²) in [6.07, 6.45) is 12.2. The summed E-state index contributed by atoms with van der Waals surface area (Å²) in [7, 11) is 3.00. The Hall–Kier alpha value is -3.27. The second-order valence-electron chi connectivity index (χ2n) is 20.3. The Labute approximate surface area is 406 Å². The van der Waals surface area contributed by atoms with Gasteiger partial charge in [0.2, 0.25) is 5.79 Å². The number of methoxy groups -OCH3 is 3. The molecule has 0 aromatic carbocycles. The Morgan fingerprint density at radius 3 is 2.28 bits per heavy atom. The largest absolute Gasteiger partial charge is 0.460 e. The van der Waals surface area contributed by atoms with Gasteiger partial charge in [0.05, 0.1) is 24.4 Å². The molecular formula is C52H82N2O13P+. The van der Waals surface area contributed by atoms with E-state index in [2.05, 4.69) is 5.09 Å². The molecule has 3 N–H and O–H groups in total. The molecule has 3 fully saturated rings. The second-order valence-corrected chi connectivity index (χ2v) is 21.5. The summed E-state index contributed by atoms with van der Waals surface area (Å²) in [6.45, 7) is 14.4. The molecule has 0 spiro atoms. The van der Waals surface area contributed by atoms with Gasteiger partial charge in [-0.1, -0.05) is 75.6 Å². The first-order valence-corrected chi connectivity index (χ1v) is 26.5. The average molecular weight is 974 g/mol. The quantitative estimate of drug-likeness (QED) is 0.0957. The highest BCUT2D eigenvalue weighted by molar-refractivity contribution is 7.41. The average Bonchev–Trinajstić information content (AvgIpc) is 3.30. The van der Waals surface area contributed by atoms with E-state index in [-0.39, 0.29) is 60.9 Å². The fourth-order valence-corrected chi connectivity index (χ4v) is 11.3. The summed E-state index contributed by atoms with van der Waals surface area (Å²) in [6, 6.07) is -1.22. The van der Waals surface area contributed by atoms with Crippen molar-refractivity contribution in [1.82, 2.24) is 9.99 Å². The maximum Gasteiger partial charge on any atom is 0.429 e. The number of esters is 1. The van der Waals surface area contributed by atoms with Crippen LogP contribution in [-0.4, -0.2) is 133 Å². The smallest absolute Gasteiger partial charge is 0.429 e. The van der Waals surface area contributed by atoms with Crippen molar-refractivity contribution < 1.29 is 62.4 Å². The first-order chi connectivity index (χ1) is 32.1. The van der Waals surface area contributed by atoms with Gasteiger partial charge in [-0.05, 0) is 107 Å². The molecule has 2 saturated heterocycles. The molecule has 16 heteroatoms. The van der Waals surface area contributed by atoms with Crippen LogP contribution in [0.4, 0.5) is 0 Å². The molecule has 1 aliphatic carbocycles. The summed E-state index contributed by atoms with van der Waals surface area (Å²) >= 11 is 0. The van der Waals surface area contributed by atoms with E-state index in [4.69, 9.17) is 23.7 Å². The van der Waals surface area contributed by atoms with Crippen LogP contribution in [0, 0.1) is 35.5 Å². The first-order valence-electron chi connectivity index (χ1n) is 24.8. The maximum atomic E-state index is 14.5. The number of piperidine rings is 1. The number of nitrogens with zero attached hydrogens (tertiary/aromatic N) is 1. The van der Waals surface area contributed by atoms with Crippen LogP contribution in [0.25, 0.3) is 0 Å². The van der Waals surface area contributed by atoms with Crippen molar-refractivity contribution in [3.8, 4) is 0 Å². The predicted octanol–water partition coefficient (Wildman–Crippen LogP) is 7.15. The highest BCUT2D eigenvalue weighted by Crippen LogP contribution is 2.38. The molecule has 2 unspecified atom stereocenters. The molecular weight excluding hydrogens is 892 g/mol. The van der Waals surface area contributed by atoms with Gasteiger partial charge in [-0.25, -0.2) is 4.79 Å². The van der Waals surface area contributed by atoms with E-state index < -0.39 is 85.7 Å². The molecule has 4 rings (SSSR count). The van der Waals surface area contributed by atoms with E-state index in [1.807, 2.05) is 58.1 Å². The number of ether oxygens (including phenoxy) is 5. The number of hydrogen-bond donors (Lipinski definition) is 3. The van der Waals surface area contributed by atoms with Crippen molar-refractivity contribution in [1.29, 1.82) is 0 Å². The number of ketones is 3. The molecule has 0 aromatic rings. The SMILES string of the molecule is CO[C@H]1C[C@@H]2CC[C@@H](C)[C@@](O)(O2)C(=O)C(=O)N2CCCC[C@H]2C(=O)O[C@H]([C@H](C)C[C@@H]2CCC(N[P+](C)=O)[C@H](OC)C2)CC(=O)[C@H](C)/C=C(\C)[C@@H](O)[C@@H](OC)C(=O)[C@H](C)C[C@H](C)/C=C/C=C/C=C/1C. The summed E-state index contributed by atoms with van der Waals surface area (Å²) in [5, 5.41) is 26.6. The molecule has 2 bridgehead atoms. The lowest BCUT2D eigenvalue weighted by Gasteiger charge is -2.42. The molecule has 382 valence electrons. The van der Waals surface area contributed by atoms with Crippen molar-refractivity contribution in [2.45, 2.75) is 180 Å². The zero-order valence-electron chi connectivity index (χ0n) is 42.5. The van der Waals surface area contributed by atoms with Gasteiger partial charge < -0.3 is 38.8 Å². The topological polar surface area (TPSA) is 204 Å². The van der Waals surface area contributed by atoms with E-state index in [0.717, 1.165) is 18.4 Å². The van der Waals surface area contributed by atoms with Gasteiger partial charge in [0.1, 0.15) is 30.1 Å². The van der Waals surface area contributed by atoms with Crippen LogP contribution in [0.3, 0.4) is 0 Å². The molecule has 3 aliphatic heterocycles.